The average molecular weight is 390 g/mol. The largest absolute Gasteiger partial charge is 0.314 e. The quantitative estimate of drug-likeness (QED) is 0.297. The third kappa shape index (κ3) is 3.90. The lowest BCUT2D eigenvalue weighted by Crippen LogP contribution is -2.18. The van der Waals surface area contributed by atoms with Gasteiger partial charge in [0.1, 0.15) is 0 Å². The van der Waals surface area contributed by atoms with E-state index in [1.165, 1.54) is 0 Å². The Morgan fingerprint density at radius 3 is 2.61 bits per heavy atom. The van der Waals surface area contributed by atoms with Gasteiger partial charge < -0.3 is 4.57 Å². The highest BCUT2D eigenvalue weighted by atomic mass is 32.2. The van der Waals surface area contributed by atoms with Crippen LogP contribution in [0.1, 0.15) is 21.5 Å². The molecule has 0 spiro atoms. The van der Waals surface area contributed by atoms with Gasteiger partial charge in [0.2, 0.25) is 0 Å². The number of fused-ring (bicyclic) bond motifs is 1. The highest BCUT2D eigenvalue weighted by molar-refractivity contribution is 7.98. The van der Waals surface area contributed by atoms with Crippen molar-refractivity contribution in [3.05, 3.63) is 89.7 Å². The van der Waals surface area contributed by atoms with Crippen LogP contribution in [0.25, 0.3) is 11.0 Å². The van der Waals surface area contributed by atoms with Crippen LogP contribution < -0.4 is 5.48 Å². The molecule has 2 aromatic carbocycles. The number of benzene rings is 2. The molecule has 6 nitrogen and oxygen atoms in total. The zero-order chi connectivity index (χ0) is 19.3. The lowest BCUT2D eigenvalue weighted by Gasteiger charge is -2.09. The number of rotatable bonds is 6. The summed E-state index contributed by atoms with van der Waals surface area (Å²) in [6.07, 6.45) is 3.64. The van der Waals surface area contributed by atoms with Crippen molar-refractivity contribution < 1.29 is 10.0 Å². The highest BCUT2D eigenvalue weighted by Gasteiger charge is 2.12. The zero-order valence-corrected chi connectivity index (χ0v) is 15.8. The Bertz CT molecular complexity index is 1090. The first-order chi connectivity index (χ1) is 13.7. The smallest absolute Gasteiger partial charge is 0.274 e. The van der Waals surface area contributed by atoms with Crippen molar-refractivity contribution in [1.29, 1.82) is 0 Å². The van der Waals surface area contributed by atoms with E-state index < -0.39 is 5.91 Å². The molecule has 0 radical (unpaired) electrons. The number of hydroxylamine groups is 1. The Labute approximate surface area is 166 Å². The summed E-state index contributed by atoms with van der Waals surface area (Å²) in [5.41, 5.74) is 6.29. The van der Waals surface area contributed by atoms with Crippen molar-refractivity contribution in [3.8, 4) is 0 Å². The van der Waals surface area contributed by atoms with Gasteiger partial charge in [-0.05, 0) is 41.5 Å². The third-order valence-corrected chi connectivity index (χ3v) is 5.42. The maximum atomic E-state index is 11.4. The summed E-state index contributed by atoms with van der Waals surface area (Å²) in [6, 6.07) is 19.2. The van der Waals surface area contributed by atoms with E-state index >= 15 is 0 Å². The summed E-state index contributed by atoms with van der Waals surface area (Å²) in [6.45, 7) is 0.701. The number of para-hydroxylation sites is 2. The lowest BCUT2D eigenvalue weighted by atomic mass is 10.1. The van der Waals surface area contributed by atoms with E-state index in [4.69, 9.17) is 10.2 Å². The van der Waals surface area contributed by atoms with Crippen LogP contribution in [0.3, 0.4) is 0 Å². The fourth-order valence-corrected chi connectivity index (χ4v) is 3.93. The summed E-state index contributed by atoms with van der Waals surface area (Å²) in [5, 5.41) is 9.64. The van der Waals surface area contributed by atoms with E-state index in [0.29, 0.717) is 12.1 Å². The first kappa shape index (κ1) is 18.2. The number of carbonyl (C=O) groups excluding carboxylic acids is 1. The summed E-state index contributed by atoms with van der Waals surface area (Å²) in [7, 11) is 0. The first-order valence-corrected chi connectivity index (χ1v) is 9.73. The minimum Gasteiger partial charge on any atom is -0.314 e. The number of thioether (sulfide) groups is 1. The molecule has 2 N–H and O–H groups in total. The SMILES string of the molecule is O=C(NO)c1ccc(CSc2nc3ccccc3n2Cc2cccnc2)cc1. The number of hydrogen-bond acceptors (Lipinski definition) is 5. The molecule has 2 aromatic heterocycles. The molecule has 0 fully saturated rings. The molecule has 0 bridgehead atoms. The van der Waals surface area contributed by atoms with Crippen LogP contribution >= 0.6 is 11.8 Å². The molecule has 28 heavy (non-hydrogen) atoms. The predicted octanol–water partition coefficient (Wildman–Crippen LogP) is 3.89. The van der Waals surface area contributed by atoms with Crippen molar-refractivity contribution in [1.82, 2.24) is 20.0 Å². The Morgan fingerprint density at radius 1 is 1.04 bits per heavy atom. The van der Waals surface area contributed by atoms with Crippen LogP contribution in [0.5, 0.6) is 0 Å². The fourth-order valence-electron chi connectivity index (χ4n) is 2.96. The van der Waals surface area contributed by atoms with Gasteiger partial charge in [-0.3, -0.25) is 15.0 Å². The predicted molar refractivity (Wildman–Crippen MR) is 108 cm³/mol. The fraction of sp³-hybridized carbons (Fsp3) is 0.0952. The second-order valence-electron chi connectivity index (χ2n) is 6.26. The molecule has 0 aliphatic rings. The molecule has 7 heteroatoms. The van der Waals surface area contributed by atoms with Gasteiger partial charge in [0, 0.05) is 23.7 Å². The van der Waals surface area contributed by atoms with E-state index in [0.717, 1.165) is 33.1 Å². The number of nitrogens with zero attached hydrogens (tertiary/aromatic N) is 3. The minimum atomic E-state index is -0.516. The van der Waals surface area contributed by atoms with Gasteiger partial charge in [-0.25, -0.2) is 10.5 Å². The van der Waals surface area contributed by atoms with Gasteiger partial charge in [0.05, 0.1) is 17.6 Å². The van der Waals surface area contributed by atoms with E-state index in [1.807, 2.05) is 42.6 Å². The topological polar surface area (TPSA) is 80.0 Å². The van der Waals surface area contributed by atoms with Crippen LogP contribution in [0.2, 0.25) is 0 Å². The first-order valence-electron chi connectivity index (χ1n) is 8.75. The number of amides is 1. The number of nitrogens with one attached hydrogen (secondary N) is 1. The maximum absolute atomic E-state index is 11.4. The number of aromatic nitrogens is 3. The van der Waals surface area contributed by atoms with E-state index in [1.54, 1.807) is 35.6 Å². The monoisotopic (exact) mass is 390 g/mol. The van der Waals surface area contributed by atoms with Crippen molar-refractivity contribution in [3.63, 3.8) is 0 Å². The second kappa shape index (κ2) is 8.24. The van der Waals surface area contributed by atoms with E-state index in [9.17, 15) is 4.79 Å². The molecular weight excluding hydrogens is 372 g/mol. The molecule has 2 heterocycles. The molecule has 0 saturated carbocycles. The van der Waals surface area contributed by atoms with Gasteiger partial charge in [0.15, 0.2) is 5.16 Å². The summed E-state index contributed by atoms with van der Waals surface area (Å²) in [4.78, 5) is 20.4. The van der Waals surface area contributed by atoms with Gasteiger partial charge in [-0.1, -0.05) is 42.1 Å². The molecule has 4 rings (SSSR count). The van der Waals surface area contributed by atoms with Gasteiger partial charge in [0.25, 0.3) is 5.91 Å². The van der Waals surface area contributed by atoms with Crippen LogP contribution in [0.4, 0.5) is 0 Å². The molecule has 140 valence electrons. The Morgan fingerprint density at radius 2 is 1.86 bits per heavy atom. The maximum Gasteiger partial charge on any atom is 0.274 e. The molecule has 4 aromatic rings. The minimum absolute atomic E-state index is 0.417. The normalized spacial score (nSPS) is 10.9. The third-order valence-electron chi connectivity index (χ3n) is 4.37. The molecule has 0 saturated heterocycles. The lowest BCUT2D eigenvalue weighted by molar-refractivity contribution is 0.0706. The van der Waals surface area contributed by atoms with Crippen LogP contribution in [-0.2, 0) is 12.3 Å². The van der Waals surface area contributed by atoms with Gasteiger partial charge in [-0.15, -0.1) is 0 Å². The molecule has 0 unspecified atom stereocenters. The van der Waals surface area contributed by atoms with Crippen molar-refractivity contribution in [2.75, 3.05) is 0 Å². The molecule has 1 amide bonds. The van der Waals surface area contributed by atoms with E-state index in [-0.39, 0.29) is 0 Å². The Hall–Kier alpha value is -3.16. The Kier molecular flexibility index (Phi) is 5.36. The summed E-state index contributed by atoms with van der Waals surface area (Å²) < 4.78 is 2.20. The Balaban J connectivity index is 1.58. The number of pyridine rings is 1. The number of carbonyl (C=O) groups is 1. The summed E-state index contributed by atoms with van der Waals surface area (Å²) >= 11 is 1.65. The molecule has 0 aliphatic carbocycles. The van der Waals surface area contributed by atoms with Crippen LogP contribution in [0, 0.1) is 0 Å². The highest BCUT2D eigenvalue weighted by Crippen LogP contribution is 2.27. The van der Waals surface area contributed by atoms with Crippen molar-refractivity contribution in [2.24, 2.45) is 0 Å². The number of hydrogen-bond donors (Lipinski definition) is 2. The molecule has 0 atom stereocenters. The van der Waals surface area contributed by atoms with E-state index in [2.05, 4.69) is 21.7 Å². The van der Waals surface area contributed by atoms with Crippen molar-refractivity contribution >= 4 is 28.7 Å². The molecular formula is C21H18N4O2S. The summed E-state index contributed by atoms with van der Waals surface area (Å²) in [5.74, 6) is 0.203. The zero-order valence-electron chi connectivity index (χ0n) is 14.9. The van der Waals surface area contributed by atoms with Gasteiger partial charge >= 0.3 is 0 Å². The molecule has 0 aliphatic heterocycles. The van der Waals surface area contributed by atoms with Gasteiger partial charge in [-0.2, -0.15) is 0 Å². The number of imidazole rings is 1. The second-order valence-corrected chi connectivity index (χ2v) is 7.20. The van der Waals surface area contributed by atoms with Crippen LogP contribution in [0.15, 0.2) is 78.2 Å². The van der Waals surface area contributed by atoms with Crippen LogP contribution in [-0.4, -0.2) is 25.6 Å². The standard InChI is InChI=1S/C21H18N4O2S/c26-20(24-27)17-9-7-15(8-10-17)14-28-21-23-18-5-1-2-6-19(18)25(21)13-16-4-3-11-22-12-16/h1-12,27H,13-14H2,(H,24,26). The van der Waals surface area contributed by atoms with Crippen molar-refractivity contribution in [2.45, 2.75) is 17.5 Å². The average Bonchev–Trinajstić information content (AvgIpc) is 3.10.